The number of hydrogen-bond donors (Lipinski definition) is 1. The molecule has 1 aliphatic rings. The van der Waals surface area contributed by atoms with Crippen LogP contribution in [0.4, 0.5) is 0 Å². The molecule has 1 aromatic carbocycles. The third-order valence-electron chi connectivity index (χ3n) is 5.00. The standard InChI is InChI=1S/C22H19N3OS2/c26-22-17-14-25(13-16-8-9-20(28-16)19-7-4-12-27-19)11-10-18(17)23-21(24-22)15-5-2-1-3-6-15/h1-9,12H,10-11,13-14H2,(H,23,24,26). The maximum Gasteiger partial charge on any atom is 0.255 e. The molecule has 0 spiro atoms. The minimum absolute atomic E-state index is 0.0148. The third-order valence-corrected chi connectivity index (χ3v) is 7.14. The highest BCUT2D eigenvalue weighted by atomic mass is 32.1. The van der Waals surface area contributed by atoms with Crippen LogP contribution in [0.5, 0.6) is 0 Å². The Morgan fingerprint density at radius 3 is 2.75 bits per heavy atom. The molecule has 0 radical (unpaired) electrons. The minimum Gasteiger partial charge on any atom is -0.306 e. The Morgan fingerprint density at radius 1 is 1.04 bits per heavy atom. The second-order valence-corrected chi connectivity index (χ2v) is 9.03. The molecule has 140 valence electrons. The first kappa shape index (κ1) is 17.6. The van der Waals surface area contributed by atoms with Crippen molar-refractivity contribution in [1.29, 1.82) is 0 Å². The molecule has 0 saturated carbocycles. The van der Waals surface area contributed by atoms with Crippen molar-refractivity contribution in [3.8, 4) is 21.1 Å². The van der Waals surface area contributed by atoms with E-state index in [4.69, 9.17) is 4.98 Å². The highest BCUT2D eigenvalue weighted by molar-refractivity contribution is 7.21. The molecule has 0 saturated heterocycles. The van der Waals surface area contributed by atoms with E-state index in [1.165, 1.54) is 14.6 Å². The van der Waals surface area contributed by atoms with Crippen molar-refractivity contribution < 1.29 is 0 Å². The lowest BCUT2D eigenvalue weighted by Crippen LogP contribution is -2.35. The second-order valence-electron chi connectivity index (χ2n) is 6.91. The van der Waals surface area contributed by atoms with Gasteiger partial charge in [0, 0.05) is 46.2 Å². The molecule has 4 aromatic rings. The summed E-state index contributed by atoms with van der Waals surface area (Å²) in [5, 5.41) is 2.11. The zero-order chi connectivity index (χ0) is 18.9. The maximum atomic E-state index is 12.7. The van der Waals surface area contributed by atoms with E-state index in [1.807, 2.05) is 41.7 Å². The number of aromatic nitrogens is 2. The Morgan fingerprint density at radius 2 is 1.93 bits per heavy atom. The molecule has 4 nitrogen and oxygen atoms in total. The van der Waals surface area contributed by atoms with Gasteiger partial charge < -0.3 is 4.98 Å². The van der Waals surface area contributed by atoms with Crippen molar-refractivity contribution in [1.82, 2.24) is 14.9 Å². The first-order valence-corrected chi connectivity index (χ1v) is 11.0. The van der Waals surface area contributed by atoms with Crippen molar-refractivity contribution >= 4 is 22.7 Å². The van der Waals surface area contributed by atoms with E-state index < -0.39 is 0 Å². The summed E-state index contributed by atoms with van der Waals surface area (Å²) in [6.45, 7) is 2.44. The van der Waals surface area contributed by atoms with E-state index >= 15 is 0 Å². The quantitative estimate of drug-likeness (QED) is 0.531. The Kier molecular flexibility index (Phi) is 4.68. The summed E-state index contributed by atoms with van der Waals surface area (Å²) in [6.07, 6.45) is 0.808. The second kappa shape index (κ2) is 7.47. The molecule has 1 aliphatic heterocycles. The molecule has 28 heavy (non-hydrogen) atoms. The number of aromatic amines is 1. The predicted octanol–water partition coefficient (Wildman–Crippen LogP) is 4.79. The highest BCUT2D eigenvalue weighted by Crippen LogP contribution is 2.32. The lowest BCUT2D eigenvalue weighted by atomic mass is 10.1. The van der Waals surface area contributed by atoms with Crippen LogP contribution in [0.25, 0.3) is 21.1 Å². The molecule has 0 fully saturated rings. The van der Waals surface area contributed by atoms with Crippen LogP contribution in [0.15, 0.2) is 64.8 Å². The molecule has 0 aliphatic carbocycles. The van der Waals surface area contributed by atoms with E-state index in [9.17, 15) is 4.79 Å². The zero-order valence-corrected chi connectivity index (χ0v) is 16.9. The summed E-state index contributed by atoms with van der Waals surface area (Å²) >= 11 is 3.61. The van der Waals surface area contributed by atoms with Crippen LogP contribution >= 0.6 is 22.7 Å². The van der Waals surface area contributed by atoms with Crippen LogP contribution in [-0.2, 0) is 19.5 Å². The molecule has 3 aromatic heterocycles. The molecule has 5 rings (SSSR count). The van der Waals surface area contributed by atoms with Gasteiger partial charge in [-0.15, -0.1) is 22.7 Å². The Bertz CT molecular complexity index is 1150. The molecular weight excluding hydrogens is 386 g/mol. The highest BCUT2D eigenvalue weighted by Gasteiger charge is 2.22. The molecule has 6 heteroatoms. The van der Waals surface area contributed by atoms with Gasteiger partial charge in [0.1, 0.15) is 5.82 Å². The van der Waals surface area contributed by atoms with E-state index in [1.54, 1.807) is 11.3 Å². The van der Waals surface area contributed by atoms with Crippen LogP contribution in [0, 0.1) is 0 Å². The number of thiophene rings is 2. The molecule has 0 bridgehead atoms. The largest absolute Gasteiger partial charge is 0.306 e. The summed E-state index contributed by atoms with van der Waals surface area (Å²) in [6, 6.07) is 18.5. The van der Waals surface area contributed by atoms with Gasteiger partial charge in [0.15, 0.2) is 0 Å². The molecule has 0 amide bonds. The zero-order valence-electron chi connectivity index (χ0n) is 15.2. The number of hydrogen-bond acceptors (Lipinski definition) is 5. The fourth-order valence-electron chi connectivity index (χ4n) is 3.58. The Hall–Kier alpha value is -2.54. The number of H-pyrrole nitrogens is 1. The average molecular weight is 406 g/mol. The average Bonchev–Trinajstić information content (AvgIpc) is 3.41. The smallest absolute Gasteiger partial charge is 0.255 e. The van der Waals surface area contributed by atoms with Crippen LogP contribution in [0.1, 0.15) is 16.1 Å². The van der Waals surface area contributed by atoms with Gasteiger partial charge in [-0.3, -0.25) is 9.69 Å². The maximum absolute atomic E-state index is 12.7. The first-order valence-electron chi connectivity index (χ1n) is 9.29. The van der Waals surface area contributed by atoms with E-state index in [0.717, 1.165) is 36.3 Å². The van der Waals surface area contributed by atoms with Crippen LogP contribution in [0.3, 0.4) is 0 Å². The van der Waals surface area contributed by atoms with Crippen molar-refractivity contribution in [2.24, 2.45) is 0 Å². The summed E-state index contributed by atoms with van der Waals surface area (Å²) in [7, 11) is 0. The van der Waals surface area contributed by atoms with Gasteiger partial charge in [0.2, 0.25) is 0 Å². The fourth-order valence-corrected chi connectivity index (χ4v) is 5.47. The SMILES string of the molecule is O=c1[nH]c(-c2ccccc2)nc2c1CN(Cc1ccc(-c3cccs3)s1)CC2. The molecule has 0 unspecified atom stereocenters. The van der Waals surface area contributed by atoms with Gasteiger partial charge in [-0.05, 0) is 23.6 Å². The predicted molar refractivity (Wildman–Crippen MR) is 116 cm³/mol. The number of nitrogens with zero attached hydrogens (tertiary/aromatic N) is 2. The fraction of sp³-hybridized carbons (Fsp3) is 0.182. The van der Waals surface area contributed by atoms with Gasteiger partial charge in [-0.1, -0.05) is 36.4 Å². The van der Waals surface area contributed by atoms with Crippen LogP contribution in [0.2, 0.25) is 0 Å². The van der Waals surface area contributed by atoms with Crippen LogP contribution in [-0.4, -0.2) is 21.4 Å². The lowest BCUT2D eigenvalue weighted by molar-refractivity contribution is 0.244. The van der Waals surface area contributed by atoms with Gasteiger partial charge in [-0.2, -0.15) is 0 Å². The van der Waals surface area contributed by atoms with E-state index in [0.29, 0.717) is 12.4 Å². The summed E-state index contributed by atoms with van der Waals surface area (Å²) in [5.41, 5.74) is 2.67. The van der Waals surface area contributed by atoms with E-state index in [-0.39, 0.29) is 5.56 Å². The van der Waals surface area contributed by atoms with E-state index in [2.05, 4.69) is 39.5 Å². The van der Waals surface area contributed by atoms with Gasteiger partial charge >= 0.3 is 0 Å². The Balaban J connectivity index is 1.35. The van der Waals surface area contributed by atoms with Crippen molar-refractivity contribution in [2.45, 2.75) is 19.5 Å². The Labute approximate surface area is 171 Å². The van der Waals surface area contributed by atoms with Crippen molar-refractivity contribution in [2.75, 3.05) is 6.54 Å². The molecule has 0 atom stereocenters. The summed E-state index contributed by atoms with van der Waals surface area (Å²) in [5.74, 6) is 0.664. The monoisotopic (exact) mass is 405 g/mol. The molecular formula is C22H19N3OS2. The number of benzene rings is 1. The van der Waals surface area contributed by atoms with Gasteiger partial charge in [0.05, 0.1) is 11.3 Å². The molecule has 1 N–H and O–H groups in total. The van der Waals surface area contributed by atoms with Gasteiger partial charge in [-0.25, -0.2) is 4.98 Å². The first-order chi connectivity index (χ1) is 13.8. The minimum atomic E-state index is -0.0148. The number of nitrogens with one attached hydrogen (secondary N) is 1. The van der Waals surface area contributed by atoms with Crippen molar-refractivity contribution in [3.05, 3.63) is 86.5 Å². The third kappa shape index (κ3) is 3.46. The van der Waals surface area contributed by atoms with Crippen LogP contribution < -0.4 is 5.56 Å². The summed E-state index contributed by atoms with van der Waals surface area (Å²) in [4.78, 5) is 26.7. The normalized spacial score (nSPS) is 14.1. The van der Waals surface area contributed by atoms with Crippen molar-refractivity contribution in [3.63, 3.8) is 0 Å². The van der Waals surface area contributed by atoms with Gasteiger partial charge in [0.25, 0.3) is 5.56 Å². The lowest BCUT2D eigenvalue weighted by Gasteiger charge is -2.27. The topological polar surface area (TPSA) is 49.0 Å². The molecule has 4 heterocycles. The number of rotatable bonds is 4. The number of fused-ring (bicyclic) bond motifs is 1. The summed E-state index contributed by atoms with van der Waals surface area (Å²) < 4.78 is 0.